The Kier molecular flexibility index (Phi) is 8.56. The maximum Gasteiger partial charge on any atom is 0.223 e. The van der Waals surface area contributed by atoms with Gasteiger partial charge in [-0.1, -0.05) is 6.92 Å². The van der Waals surface area contributed by atoms with Crippen LogP contribution in [0.3, 0.4) is 0 Å². The molecule has 148 valence electrons. The van der Waals surface area contributed by atoms with Crippen LogP contribution in [0.5, 0.6) is 0 Å². The monoisotopic (exact) mass is 411 g/mol. The average Bonchev–Trinajstić information content (AvgIpc) is 3.15. The van der Waals surface area contributed by atoms with Gasteiger partial charge in [0.1, 0.15) is 0 Å². The Hall–Kier alpha value is -1.61. The molecule has 1 fully saturated rings. The number of rotatable bonds is 7. The number of halogens is 1. The number of thiazole rings is 1. The van der Waals surface area contributed by atoms with Crippen molar-refractivity contribution in [3.8, 4) is 10.8 Å². The molecular weight excluding hydrogens is 386 g/mol. The first-order chi connectivity index (χ1) is 12.7. The van der Waals surface area contributed by atoms with Gasteiger partial charge < -0.3 is 15.8 Å². The average molecular weight is 412 g/mol. The smallest absolute Gasteiger partial charge is 0.223 e. The number of aromatic nitrogens is 3. The van der Waals surface area contributed by atoms with Gasteiger partial charge in [-0.2, -0.15) is 0 Å². The first kappa shape index (κ1) is 21.7. The third-order valence-corrected chi connectivity index (χ3v) is 5.38. The summed E-state index contributed by atoms with van der Waals surface area (Å²) in [4.78, 5) is 25.3. The Labute approximate surface area is 169 Å². The largest absolute Gasteiger partial charge is 0.377 e. The lowest BCUT2D eigenvalue weighted by Gasteiger charge is -2.33. The van der Waals surface area contributed by atoms with Gasteiger partial charge in [-0.15, -0.1) is 23.7 Å². The van der Waals surface area contributed by atoms with E-state index in [0.717, 1.165) is 36.6 Å². The molecule has 2 aromatic heterocycles. The molecule has 1 amide bonds. The Morgan fingerprint density at radius 3 is 2.85 bits per heavy atom. The molecule has 1 aliphatic carbocycles. The number of hydrogen-bond donors (Lipinski definition) is 2. The Morgan fingerprint density at radius 2 is 2.15 bits per heavy atom. The number of ether oxygens (including phenoxy) is 1. The Bertz CT molecular complexity index is 715. The van der Waals surface area contributed by atoms with Crippen molar-refractivity contribution in [1.29, 1.82) is 0 Å². The fourth-order valence-corrected chi connectivity index (χ4v) is 3.88. The van der Waals surface area contributed by atoms with E-state index in [1.165, 1.54) is 11.3 Å². The second-order valence-electron chi connectivity index (χ2n) is 6.52. The number of nitrogens with zero attached hydrogens (tertiary/aromatic N) is 3. The van der Waals surface area contributed by atoms with Crippen molar-refractivity contribution in [2.24, 2.45) is 11.7 Å². The van der Waals surface area contributed by atoms with Crippen LogP contribution in [0.4, 0.5) is 0 Å². The van der Waals surface area contributed by atoms with Crippen molar-refractivity contribution in [1.82, 2.24) is 20.3 Å². The van der Waals surface area contributed by atoms with Crippen molar-refractivity contribution in [3.63, 3.8) is 0 Å². The van der Waals surface area contributed by atoms with Gasteiger partial charge in [0.05, 0.1) is 18.3 Å². The van der Waals surface area contributed by atoms with Crippen molar-refractivity contribution < 1.29 is 9.53 Å². The van der Waals surface area contributed by atoms with Crippen LogP contribution in [0.15, 0.2) is 23.8 Å². The molecule has 0 bridgehead atoms. The minimum Gasteiger partial charge on any atom is -0.377 e. The van der Waals surface area contributed by atoms with Crippen molar-refractivity contribution in [2.45, 2.75) is 51.3 Å². The second-order valence-corrected chi connectivity index (χ2v) is 7.38. The lowest BCUT2D eigenvalue weighted by atomic mass is 9.83. The summed E-state index contributed by atoms with van der Waals surface area (Å²) in [5.41, 5.74) is 7.01. The van der Waals surface area contributed by atoms with E-state index in [1.54, 1.807) is 18.5 Å². The van der Waals surface area contributed by atoms with E-state index in [1.807, 2.05) is 5.38 Å². The van der Waals surface area contributed by atoms with E-state index in [4.69, 9.17) is 10.5 Å². The summed E-state index contributed by atoms with van der Waals surface area (Å²) in [5, 5.41) is 5.66. The third-order valence-electron chi connectivity index (χ3n) is 4.49. The molecule has 0 aliphatic heterocycles. The van der Waals surface area contributed by atoms with E-state index >= 15 is 0 Å². The summed E-state index contributed by atoms with van der Waals surface area (Å²) in [7, 11) is 0. The molecule has 0 aromatic carbocycles. The fourth-order valence-electron chi connectivity index (χ4n) is 3.11. The first-order valence-electron chi connectivity index (χ1n) is 9.04. The minimum atomic E-state index is -0.0767. The van der Waals surface area contributed by atoms with Gasteiger partial charge in [0, 0.05) is 36.3 Å². The molecule has 3 rings (SSSR count). The molecule has 2 heterocycles. The summed E-state index contributed by atoms with van der Waals surface area (Å²) in [6.45, 7) is 3.22. The van der Waals surface area contributed by atoms with Gasteiger partial charge in [0.15, 0.2) is 10.8 Å². The highest BCUT2D eigenvalue weighted by atomic mass is 35.5. The predicted molar refractivity (Wildman–Crippen MR) is 108 cm³/mol. The first-order valence-corrected chi connectivity index (χ1v) is 9.92. The second kappa shape index (κ2) is 10.7. The maximum atomic E-state index is 12.5. The number of nitrogens with one attached hydrogen (secondary N) is 1. The molecule has 0 saturated heterocycles. The molecular formula is C18H26ClN5O2S. The summed E-state index contributed by atoms with van der Waals surface area (Å²) >= 11 is 1.47. The van der Waals surface area contributed by atoms with Crippen LogP contribution in [0, 0.1) is 5.92 Å². The molecule has 27 heavy (non-hydrogen) atoms. The van der Waals surface area contributed by atoms with Gasteiger partial charge in [0.2, 0.25) is 5.91 Å². The van der Waals surface area contributed by atoms with Crippen molar-refractivity contribution in [2.75, 3.05) is 6.61 Å². The van der Waals surface area contributed by atoms with Crippen molar-refractivity contribution in [3.05, 3.63) is 29.5 Å². The van der Waals surface area contributed by atoms with Gasteiger partial charge in [0.25, 0.3) is 0 Å². The lowest BCUT2D eigenvalue weighted by molar-refractivity contribution is -0.127. The van der Waals surface area contributed by atoms with Gasteiger partial charge in [-0.3, -0.25) is 4.79 Å². The van der Waals surface area contributed by atoms with Crippen molar-refractivity contribution >= 4 is 29.7 Å². The summed E-state index contributed by atoms with van der Waals surface area (Å²) in [5.74, 6) is 0.591. The molecule has 1 aliphatic rings. The topological polar surface area (TPSA) is 103 Å². The molecule has 0 unspecified atom stereocenters. The number of carbonyl (C=O) groups is 1. The molecule has 9 heteroatoms. The molecule has 3 atom stereocenters. The van der Waals surface area contributed by atoms with Gasteiger partial charge in [-0.05, 0) is 31.7 Å². The molecule has 3 N–H and O–H groups in total. The van der Waals surface area contributed by atoms with Crippen LogP contribution in [-0.4, -0.2) is 39.6 Å². The molecule has 2 aromatic rings. The van der Waals surface area contributed by atoms with E-state index < -0.39 is 0 Å². The van der Waals surface area contributed by atoms with Crippen LogP contribution in [0.2, 0.25) is 0 Å². The quantitative estimate of drug-likeness (QED) is 0.725. The fraction of sp³-hybridized carbons (Fsp3) is 0.556. The zero-order chi connectivity index (χ0) is 18.4. The van der Waals surface area contributed by atoms with Crippen LogP contribution in [0.1, 0.15) is 38.3 Å². The van der Waals surface area contributed by atoms with E-state index in [9.17, 15) is 4.79 Å². The van der Waals surface area contributed by atoms with Crippen LogP contribution < -0.4 is 11.1 Å². The molecule has 7 nitrogen and oxygen atoms in total. The highest BCUT2D eigenvalue weighted by Gasteiger charge is 2.32. The minimum absolute atomic E-state index is 0. The lowest BCUT2D eigenvalue weighted by Crippen LogP contribution is -2.46. The normalized spacial score (nSPS) is 22.1. The number of amides is 1. The standard InChI is InChI=1S/C18H25N5O2S.ClH/c1-2-8-25-15-5-4-12(9-14(15)19)17(24)22-10-13-11-26-18(23-13)16-20-6-3-7-21-16;/h3,6-7,11-12,14-15H,2,4-5,8-10,19H2,1H3,(H,22,24);1H/t12-,14+,15+;/m0./s1. The summed E-state index contributed by atoms with van der Waals surface area (Å²) in [6.07, 6.45) is 6.76. The van der Waals surface area contributed by atoms with Gasteiger partial charge >= 0.3 is 0 Å². The summed E-state index contributed by atoms with van der Waals surface area (Å²) in [6, 6.07) is 1.69. The SMILES string of the molecule is CCCO[C@@H]1CC[C@H](C(=O)NCc2csc(-c3ncccn3)n2)C[C@H]1N.Cl. The Balaban J connectivity index is 0.00000261. The maximum absolute atomic E-state index is 12.5. The molecule has 0 radical (unpaired) electrons. The number of nitrogens with two attached hydrogens (primary N) is 1. The molecule has 1 saturated carbocycles. The highest BCUT2D eigenvalue weighted by molar-refractivity contribution is 7.13. The van der Waals surface area contributed by atoms with Gasteiger partial charge in [-0.25, -0.2) is 15.0 Å². The Morgan fingerprint density at radius 1 is 1.37 bits per heavy atom. The molecule has 0 spiro atoms. The zero-order valence-corrected chi connectivity index (χ0v) is 17.0. The third kappa shape index (κ3) is 5.93. The number of carbonyl (C=O) groups excluding carboxylic acids is 1. The number of hydrogen-bond acceptors (Lipinski definition) is 7. The zero-order valence-electron chi connectivity index (χ0n) is 15.3. The van der Waals surface area contributed by atoms with E-state index in [-0.39, 0.29) is 36.4 Å². The van der Waals surface area contributed by atoms with Crippen LogP contribution in [0.25, 0.3) is 10.8 Å². The van der Waals surface area contributed by atoms with Crippen LogP contribution in [-0.2, 0) is 16.1 Å². The summed E-state index contributed by atoms with van der Waals surface area (Å²) < 4.78 is 5.77. The van der Waals surface area contributed by atoms with E-state index in [0.29, 0.717) is 18.8 Å². The van der Waals surface area contributed by atoms with Crippen LogP contribution >= 0.6 is 23.7 Å². The predicted octanol–water partition coefficient (Wildman–Crippen LogP) is 2.56. The highest BCUT2D eigenvalue weighted by Crippen LogP contribution is 2.26. The van der Waals surface area contributed by atoms with E-state index in [2.05, 4.69) is 27.2 Å².